The number of aliphatic hydroxyl groups is 1. The summed E-state index contributed by atoms with van der Waals surface area (Å²) < 4.78 is 17.0. The molecular formula is C23H31NO4. The molecule has 1 heterocycles. The monoisotopic (exact) mass is 385 g/mol. The van der Waals surface area contributed by atoms with Crippen molar-refractivity contribution in [1.29, 1.82) is 5.41 Å². The molecule has 1 aliphatic rings. The lowest BCUT2D eigenvalue weighted by atomic mass is 9.95. The van der Waals surface area contributed by atoms with Gasteiger partial charge >= 0.3 is 0 Å². The summed E-state index contributed by atoms with van der Waals surface area (Å²) in [7, 11) is 0. The van der Waals surface area contributed by atoms with Crippen LogP contribution in [0.4, 0.5) is 0 Å². The number of hydrogen-bond donors (Lipinski definition) is 2. The molecule has 1 aliphatic heterocycles. The van der Waals surface area contributed by atoms with Crippen molar-refractivity contribution >= 4 is 11.5 Å². The lowest BCUT2D eigenvalue weighted by Crippen LogP contribution is -2.11. The molecular weight excluding hydrogens is 354 g/mol. The molecule has 0 radical (unpaired) electrons. The van der Waals surface area contributed by atoms with E-state index in [1.165, 1.54) is 0 Å². The molecule has 5 heteroatoms. The summed E-state index contributed by atoms with van der Waals surface area (Å²) in [5.74, 6) is 1.28. The van der Waals surface area contributed by atoms with Gasteiger partial charge in [-0.15, -0.1) is 0 Å². The third-order valence-electron chi connectivity index (χ3n) is 4.43. The molecule has 0 bridgehead atoms. The van der Waals surface area contributed by atoms with E-state index in [4.69, 9.17) is 19.6 Å². The molecule has 1 aromatic carbocycles. The van der Waals surface area contributed by atoms with Crippen LogP contribution in [-0.4, -0.2) is 36.4 Å². The Balaban J connectivity index is 2.37. The van der Waals surface area contributed by atoms with E-state index in [2.05, 4.69) is 6.58 Å². The zero-order valence-corrected chi connectivity index (χ0v) is 17.0. The van der Waals surface area contributed by atoms with Crippen LogP contribution in [0.1, 0.15) is 43.4 Å². The SMILES string of the molecule is C=C1O[C@H](C)C/C=C/[C@H](O)C/C=C/C(=N)Cc2cc(OCOCC)cc(C)c21. The number of aliphatic hydroxyl groups excluding tert-OH is 1. The highest BCUT2D eigenvalue weighted by Crippen LogP contribution is 2.30. The number of allylic oxidation sites excluding steroid dienone is 1. The van der Waals surface area contributed by atoms with Gasteiger partial charge in [0.05, 0.1) is 12.2 Å². The molecule has 0 saturated heterocycles. The first kappa shape index (κ1) is 21.9. The second-order valence-electron chi connectivity index (χ2n) is 6.95. The number of hydrogen-bond acceptors (Lipinski definition) is 5. The van der Waals surface area contributed by atoms with Crippen LogP contribution in [0, 0.1) is 12.3 Å². The van der Waals surface area contributed by atoms with Gasteiger partial charge < -0.3 is 24.7 Å². The average molecular weight is 386 g/mol. The number of fused-ring (bicyclic) bond motifs is 1. The molecule has 28 heavy (non-hydrogen) atoms. The number of rotatable bonds is 4. The maximum atomic E-state index is 9.98. The van der Waals surface area contributed by atoms with Crippen molar-refractivity contribution in [2.75, 3.05) is 13.4 Å². The van der Waals surface area contributed by atoms with Gasteiger partial charge in [0.1, 0.15) is 11.5 Å². The van der Waals surface area contributed by atoms with Crippen molar-refractivity contribution in [3.8, 4) is 5.75 Å². The largest absolute Gasteiger partial charge is 0.490 e. The number of nitrogens with one attached hydrogen (secondary N) is 1. The third kappa shape index (κ3) is 6.66. The van der Waals surface area contributed by atoms with Gasteiger partial charge in [-0.25, -0.2) is 0 Å². The molecule has 2 N–H and O–H groups in total. The summed E-state index contributed by atoms with van der Waals surface area (Å²) in [4.78, 5) is 0. The molecule has 1 aromatic rings. The maximum Gasteiger partial charge on any atom is 0.189 e. The van der Waals surface area contributed by atoms with E-state index in [1.807, 2.05) is 45.1 Å². The molecule has 0 aliphatic carbocycles. The highest BCUT2D eigenvalue weighted by molar-refractivity contribution is 5.94. The molecule has 2 atom stereocenters. The van der Waals surface area contributed by atoms with Crippen molar-refractivity contribution in [2.24, 2.45) is 0 Å². The second-order valence-corrected chi connectivity index (χ2v) is 6.95. The summed E-state index contributed by atoms with van der Waals surface area (Å²) in [5.41, 5.74) is 3.26. The van der Waals surface area contributed by atoms with E-state index in [0.29, 0.717) is 43.1 Å². The van der Waals surface area contributed by atoms with Crippen LogP contribution < -0.4 is 4.74 Å². The number of ether oxygens (including phenoxy) is 3. The van der Waals surface area contributed by atoms with Crippen LogP contribution in [0.25, 0.3) is 5.76 Å². The molecule has 5 nitrogen and oxygen atoms in total. The van der Waals surface area contributed by atoms with Gasteiger partial charge in [-0.3, -0.25) is 0 Å². The van der Waals surface area contributed by atoms with Crippen LogP contribution >= 0.6 is 0 Å². The second kappa shape index (κ2) is 10.8. The van der Waals surface area contributed by atoms with Crippen LogP contribution in [-0.2, 0) is 15.9 Å². The predicted molar refractivity (Wildman–Crippen MR) is 113 cm³/mol. The van der Waals surface area contributed by atoms with E-state index in [9.17, 15) is 5.11 Å². The molecule has 0 saturated carbocycles. The molecule has 0 fully saturated rings. The first-order valence-corrected chi connectivity index (χ1v) is 9.69. The van der Waals surface area contributed by atoms with Crippen molar-refractivity contribution in [3.63, 3.8) is 0 Å². The lowest BCUT2D eigenvalue weighted by Gasteiger charge is -2.21. The zero-order chi connectivity index (χ0) is 20.5. The van der Waals surface area contributed by atoms with Crippen molar-refractivity contribution in [3.05, 3.63) is 59.7 Å². The van der Waals surface area contributed by atoms with Crippen molar-refractivity contribution in [2.45, 2.75) is 52.2 Å². The molecule has 0 aromatic heterocycles. The minimum Gasteiger partial charge on any atom is -0.490 e. The summed E-state index contributed by atoms with van der Waals surface area (Å²) in [6.07, 6.45) is 8.20. The minimum absolute atomic E-state index is 0.0741. The molecule has 0 unspecified atom stereocenters. The summed E-state index contributed by atoms with van der Waals surface area (Å²) in [6.45, 7) is 10.8. The molecule has 0 spiro atoms. The molecule has 2 rings (SSSR count). The predicted octanol–water partition coefficient (Wildman–Crippen LogP) is 4.57. The van der Waals surface area contributed by atoms with Crippen LogP contribution in [0.5, 0.6) is 5.75 Å². The standard InChI is InChI=1S/C23H31NO4/c1-5-26-15-27-22-12-16(2)23-18(4)28-17(3)8-6-10-21(25)11-7-9-20(24)13-19(23)14-22/h6-7,9-10,12,14,17,21,24-25H,4-5,8,11,13,15H2,1-3H3/b9-7+,10-6+,24-20?/t17-,21+/m1/s1. The Morgan fingerprint density at radius 2 is 2.07 bits per heavy atom. The van der Waals surface area contributed by atoms with Crippen molar-refractivity contribution < 1.29 is 19.3 Å². The highest BCUT2D eigenvalue weighted by atomic mass is 16.7. The molecule has 152 valence electrons. The fraction of sp³-hybridized carbons (Fsp3) is 0.435. The number of benzene rings is 1. The van der Waals surface area contributed by atoms with Gasteiger partial charge in [-0.05, 0) is 56.5 Å². The maximum absolute atomic E-state index is 9.98. The Kier molecular flexibility index (Phi) is 8.48. The quantitative estimate of drug-likeness (QED) is 0.452. The number of aryl methyl sites for hydroxylation is 1. The Labute approximate surface area is 167 Å². The Morgan fingerprint density at radius 3 is 2.82 bits per heavy atom. The van der Waals surface area contributed by atoms with Gasteiger partial charge in [0.15, 0.2) is 6.79 Å². The van der Waals surface area contributed by atoms with E-state index in [-0.39, 0.29) is 12.9 Å². The van der Waals surface area contributed by atoms with E-state index in [1.54, 1.807) is 12.2 Å². The van der Waals surface area contributed by atoms with Gasteiger partial charge in [-0.2, -0.15) is 0 Å². The summed E-state index contributed by atoms with van der Waals surface area (Å²) in [5, 5.41) is 18.3. The first-order valence-electron chi connectivity index (χ1n) is 9.69. The fourth-order valence-corrected chi connectivity index (χ4v) is 3.11. The van der Waals surface area contributed by atoms with Crippen molar-refractivity contribution in [1.82, 2.24) is 0 Å². The van der Waals surface area contributed by atoms with E-state index < -0.39 is 6.10 Å². The Hall–Kier alpha value is -2.37. The smallest absolute Gasteiger partial charge is 0.189 e. The lowest BCUT2D eigenvalue weighted by molar-refractivity contribution is 0.0223. The normalized spacial score (nSPS) is 23.3. The minimum atomic E-state index is -0.560. The van der Waals surface area contributed by atoms with Crippen LogP contribution in [0.2, 0.25) is 0 Å². The van der Waals surface area contributed by atoms with Gasteiger partial charge in [0, 0.05) is 30.7 Å². The highest BCUT2D eigenvalue weighted by Gasteiger charge is 2.16. The zero-order valence-electron chi connectivity index (χ0n) is 17.0. The van der Waals surface area contributed by atoms with E-state index in [0.717, 1.165) is 16.7 Å². The third-order valence-corrected chi connectivity index (χ3v) is 4.43. The Bertz CT molecular complexity index is 751. The van der Waals surface area contributed by atoms with Crippen LogP contribution in [0.3, 0.4) is 0 Å². The topological polar surface area (TPSA) is 71.8 Å². The fourth-order valence-electron chi connectivity index (χ4n) is 3.11. The van der Waals surface area contributed by atoms with Gasteiger partial charge in [0.25, 0.3) is 0 Å². The van der Waals surface area contributed by atoms with Gasteiger partial charge in [0.2, 0.25) is 0 Å². The molecule has 0 amide bonds. The summed E-state index contributed by atoms with van der Waals surface area (Å²) in [6, 6.07) is 3.86. The summed E-state index contributed by atoms with van der Waals surface area (Å²) >= 11 is 0. The van der Waals surface area contributed by atoms with E-state index >= 15 is 0 Å². The van der Waals surface area contributed by atoms with Gasteiger partial charge in [-0.1, -0.05) is 24.8 Å². The Morgan fingerprint density at radius 1 is 1.29 bits per heavy atom. The first-order chi connectivity index (χ1) is 13.4. The van der Waals surface area contributed by atoms with Crippen LogP contribution in [0.15, 0.2) is 43.0 Å². The average Bonchev–Trinajstić information content (AvgIpc) is 2.60.